The lowest BCUT2D eigenvalue weighted by molar-refractivity contribution is -0.130. The molecule has 0 fully saturated rings. The fraction of sp³-hybridized carbons (Fsp3) is 0.429. The second-order valence-electron chi connectivity index (χ2n) is 7.14. The first-order valence-corrected chi connectivity index (χ1v) is 9.65. The first-order valence-electron chi connectivity index (χ1n) is 9.65. The van der Waals surface area contributed by atoms with E-state index >= 15 is 0 Å². The number of aryl methyl sites for hydroxylation is 1. The summed E-state index contributed by atoms with van der Waals surface area (Å²) in [6.07, 6.45) is 5.53. The zero-order valence-electron chi connectivity index (χ0n) is 16.5. The Labute approximate surface area is 166 Å². The summed E-state index contributed by atoms with van der Waals surface area (Å²) < 4.78 is 0. The molecule has 3 rings (SSSR count). The Morgan fingerprint density at radius 3 is 2.50 bits per heavy atom. The quantitative estimate of drug-likeness (QED) is 0.754. The Bertz CT molecular complexity index is 811. The predicted octanol–water partition coefficient (Wildman–Crippen LogP) is 1.85. The summed E-state index contributed by atoms with van der Waals surface area (Å²) in [6, 6.07) is 9.40. The van der Waals surface area contributed by atoms with Gasteiger partial charge in [0.15, 0.2) is 0 Å². The predicted molar refractivity (Wildman–Crippen MR) is 108 cm³/mol. The van der Waals surface area contributed by atoms with Crippen LogP contribution < -0.4 is 4.90 Å². The average molecular weight is 381 g/mol. The largest absolute Gasteiger partial charge is 0.360 e. The first kappa shape index (κ1) is 19.8. The van der Waals surface area contributed by atoms with Crippen LogP contribution in [0, 0.1) is 0 Å². The number of hydrogen-bond acceptors (Lipinski definition) is 5. The third kappa shape index (κ3) is 5.06. The van der Waals surface area contributed by atoms with E-state index in [1.54, 1.807) is 41.4 Å². The highest BCUT2D eigenvalue weighted by Gasteiger charge is 2.21. The van der Waals surface area contributed by atoms with Gasteiger partial charge in [-0.2, -0.15) is 0 Å². The normalized spacial score (nSPS) is 16.6. The van der Waals surface area contributed by atoms with Crippen molar-refractivity contribution in [2.24, 2.45) is 0 Å². The van der Waals surface area contributed by atoms with Crippen LogP contribution in [-0.4, -0.2) is 71.9 Å². The van der Waals surface area contributed by atoms with E-state index in [2.05, 4.69) is 9.88 Å². The summed E-state index contributed by atoms with van der Waals surface area (Å²) in [5.41, 5.74) is 1.55. The molecule has 0 N–H and O–H groups in total. The van der Waals surface area contributed by atoms with Crippen molar-refractivity contribution in [2.45, 2.75) is 19.3 Å². The number of carbonyl (C=O) groups is 2. The second kappa shape index (κ2) is 9.30. The van der Waals surface area contributed by atoms with Crippen molar-refractivity contribution in [1.29, 1.82) is 0 Å². The summed E-state index contributed by atoms with van der Waals surface area (Å²) in [7, 11) is 3.82. The second-order valence-corrected chi connectivity index (χ2v) is 7.14. The maximum Gasteiger partial charge on any atom is 0.254 e. The number of fused-ring (bicyclic) bond motifs is 2. The summed E-state index contributed by atoms with van der Waals surface area (Å²) in [6.45, 7) is 2.04. The van der Waals surface area contributed by atoms with Gasteiger partial charge >= 0.3 is 0 Å². The van der Waals surface area contributed by atoms with E-state index in [-0.39, 0.29) is 18.4 Å². The van der Waals surface area contributed by atoms with Crippen LogP contribution in [0.1, 0.15) is 28.9 Å². The number of carbonyl (C=O) groups excluding carboxylic acids is 2. The van der Waals surface area contributed by atoms with Crippen LogP contribution in [0.3, 0.4) is 0 Å². The highest BCUT2D eigenvalue weighted by atomic mass is 16.2. The van der Waals surface area contributed by atoms with Gasteiger partial charge in [-0.1, -0.05) is 6.07 Å². The molecule has 1 aliphatic rings. The minimum atomic E-state index is -0.141. The van der Waals surface area contributed by atoms with Gasteiger partial charge in [-0.3, -0.25) is 14.6 Å². The van der Waals surface area contributed by atoms with E-state index in [0.29, 0.717) is 18.7 Å². The topological polar surface area (TPSA) is 69.6 Å². The van der Waals surface area contributed by atoms with Gasteiger partial charge in [-0.25, -0.2) is 4.98 Å². The molecule has 148 valence electrons. The van der Waals surface area contributed by atoms with Crippen molar-refractivity contribution in [3.8, 4) is 0 Å². The monoisotopic (exact) mass is 381 g/mol. The highest BCUT2D eigenvalue weighted by Crippen LogP contribution is 2.13. The SMILES string of the molecule is CN1CCCN(C)c2cccc(n2)CCCN(C(=O)c2ccncc2)CC1=O. The molecule has 7 heteroatoms. The van der Waals surface area contributed by atoms with Gasteiger partial charge in [0.05, 0.1) is 0 Å². The number of nitrogens with zero attached hydrogens (tertiary/aromatic N) is 5. The summed E-state index contributed by atoms with van der Waals surface area (Å²) >= 11 is 0. The maximum absolute atomic E-state index is 12.9. The van der Waals surface area contributed by atoms with Crippen LogP contribution in [0.5, 0.6) is 0 Å². The van der Waals surface area contributed by atoms with E-state index in [4.69, 9.17) is 4.98 Å². The molecular formula is C21H27N5O2. The molecule has 0 unspecified atom stereocenters. The Morgan fingerprint density at radius 1 is 0.964 bits per heavy atom. The van der Waals surface area contributed by atoms with Crippen molar-refractivity contribution >= 4 is 17.6 Å². The zero-order chi connectivity index (χ0) is 19.9. The maximum atomic E-state index is 12.9. The number of likely N-dealkylation sites (N-methyl/N-ethyl adjacent to an activating group) is 1. The van der Waals surface area contributed by atoms with E-state index in [0.717, 1.165) is 37.3 Å². The van der Waals surface area contributed by atoms with Crippen molar-refractivity contribution < 1.29 is 9.59 Å². The van der Waals surface area contributed by atoms with E-state index in [1.165, 1.54) is 0 Å². The molecule has 0 saturated heterocycles. The molecule has 0 radical (unpaired) electrons. The van der Waals surface area contributed by atoms with Crippen LogP contribution in [0.4, 0.5) is 5.82 Å². The molecule has 0 aliphatic carbocycles. The Morgan fingerprint density at radius 2 is 1.71 bits per heavy atom. The molecule has 0 atom stereocenters. The molecule has 0 saturated carbocycles. The summed E-state index contributed by atoms with van der Waals surface area (Å²) in [4.78, 5) is 39.7. The standard InChI is InChI=1S/C21H27N5O2/c1-24-13-5-14-25(2)20(27)16-26(21(28)17-9-11-22-12-10-17)15-4-7-18-6-3-8-19(24)23-18/h3,6,8-12H,4-5,7,13-16H2,1-2H3. The van der Waals surface area contributed by atoms with Crippen LogP contribution in [0.25, 0.3) is 0 Å². The number of amides is 2. The number of hydrogen-bond donors (Lipinski definition) is 0. The number of rotatable bonds is 1. The highest BCUT2D eigenvalue weighted by molar-refractivity contribution is 5.96. The van der Waals surface area contributed by atoms with Crippen LogP contribution in [0.2, 0.25) is 0 Å². The van der Waals surface area contributed by atoms with Crippen molar-refractivity contribution in [1.82, 2.24) is 19.8 Å². The molecule has 0 aromatic carbocycles. The van der Waals surface area contributed by atoms with Gasteiger partial charge in [0, 0.05) is 57.4 Å². The first-order chi connectivity index (χ1) is 13.5. The van der Waals surface area contributed by atoms with Crippen LogP contribution in [0.15, 0.2) is 42.7 Å². The Kier molecular flexibility index (Phi) is 6.57. The molecule has 2 aromatic rings. The van der Waals surface area contributed by atoms with Gasteiger partial charge in [0.25, 0.3) is 5.91 Å². The smallest absolute Gasteiger partial charge is 0.254 e. The van der Waals surface area contributed by atoms with Gasteiger partial charge in [-0.15, -0.1) is 0 Å². The Balaban J connectivity index is 1.80. The van der Waals surface area contributed by atoms with Gasteiger partial charge in [-0.05, 0) is 43.5 Å². The molecule has 7 nitrogen and oxygen atoms in total. The number of anilines is 1. The van der Waals surface area contributed by atoms with Crippen molar-refractivity contribution in [3.63, 3.8) is 0 Å². The molecule has 1 aliphatic heterocycles. The van der Waals surface area contributed by atoms with Crippen LogP contribution >= 0.6 is 0 Å². The summed E-state index contributed by atoms with van der Waals surface area (Å²) in [5.74, 6) is 0.754. The van der Waals surface area contributed by atoms with Gasteiger partial charge in [0.1, 0.15) is 12.4 Å². The minimum absolute atomic E-state index is 0.0428. The average Bonchev–Trinajstić information content (AvgIpc) is 2.72. The number of pyridine rings is 2. The molecule has 3 heterocycles. The molecule has 2 amide bonds. The van der Waals surface area contributed by atoms with Gasteiger partial charge in [0.2, 0.25) is 5.91 Å². The third-order valence-electron chi connectivity index (χ3n) is 5.00. The molecule has 0 spiro atoms. The third-order valence-corrected chi connectivity index (χ3v) is 5.00. The Hall–Kier alpha value is -2.96. The molecular weight excluding hydrogens is 354 g/mol. The lowest BCUT2D eigenvalue weighted by Crippen LogP contribution is -2.42. The lowest BCUT2D eigenvalue weighted by Gasteiger charge is -2.27. The summed E-state index contributed by atoms with van der Waals surface area (Å²) in [5, 5.41) is 0. The van der Waals surface area contributed by atoms with Crippen molar-refractivity contribution in [3.05, 3.63) is 54.0 Å². The lowest BCUT2D eigenvalue weighted by atomic mass is 10.1. The fourth-order valence-electron chi connectivity index (χ4n) is 3.27. The van der Waals surface area contributed by atoms with E-state index in [9.17, 15) is 9.59 Å². The zero-order valence-corrected chi connectivity index (χ0v) is 16.5. The van der Waals surface area contributed by atoms with Gasteiger partial charge < -0.3 is 14.7 Å². The molecule has 2 aromatic heterocycles. The minimum Gasteiger partial charge on any atom is -0.360 e. The molecule has 2 bridgehead atoms. The van der Waals surface area contributed by atoms with Crippen molar-refractivity contribution in [2.75, 3.05) is 45.2 Å². The molecule has 28 heavy (non-hydrogen) atoms. The van der Waals surface area contributed by atoms with E-state index < -0.39 is 0 Å². The number of aromatic nitrogens is 2. The van der Waals surface area contributed by atoms with Crippen LogP contribution in [-0.2, 0) is 11.2 Å². The fourth-order valence-corrected chi connectivity index (χ4v) is 3.27. The van der Waals surface area contributed by atoms with E-state index in [1.807, 2.05) is 25.2 Å².